The number of hydrogen-bond donors (Lipinski definition) is 1. The fraction of sp³-hybridized carbons (Fsp3) is 0.111. The van der Waals surface area contributed by atoms with Crippen LogP contribution in [0.25, 0.3) is 6.08 Å². The highest BCUT2D eigenvalue weighted by Crippen LogP contribution is 2.25. The van der Waals surface area contributed by atoms with E-state index in [1.165, 1.54) is 24.3 Å². The predicted octanol–water partition coefficient (Wildman–Crippen LogP) is 3.48. The van der Waals surface area contributed by atoms with E-state index in [0.717, 1.165) is 5.56 Å². The van der Waals surface area contributed by atoms with E-state index in [-0.39, 0.29) is 11.4 Å². The lowest BCUT2D eigenvalue weighted by atomic mass is 10.2. The Bertz CT molecular complexity index is 748. The third-order valence-electron chi connectivity index (χ3n) is 2.93. The number of benzene rings is 2. The van der Waals surface area contributed by atoms with Gasteiger partial charge in [0.25, 0.3) is 5.91 Å². The van der Waals surface area contributed by atoms with Gasteiger partial charge in [0, 0.05) is 6.08 Å². The maximum absolute atomic E-state index is 12.3. The number of nitrogens with one attached hydrogen (secondary N) is 1. The number of para-hydroxylation sites is 2. The molecule has 0 spiro atoms. The Labute approximate surface area is 142 Å². The Hall–Kier alpha value is -3.22. The van der Waals surface area contributed by atoms with Crippen molar-refractivity contribution in [3.05, 3.63) is 66.2 Å². The second kappa shape index (κ2) is 9.17. The zero-order valence-corrected chi connectivity index (χ0v) is 13.0. The minimum atomic E-state index is -3.01. The molecule has 1 amide bonds. The van der Waals surface area contributed by atoms with Gasteiger partial charge in [0.15, 0.2) is 6.61 Å². The van der Waals surface area contributed by atoms with Gasteiger partial charge in [0.05, 0.1) is 5.69 Å². The first-order valence-electron chi connectivity index (χ1n) is 7.28. The van der Waals surface area contributed by atoms with E-state index in [0.29, 0.717) is 0 Å². The van der Waals surface area contributed by atoms with Crippen LogP contribution in [-0.4, -0.2) is 25.1 Å². The van der Waals surface area contributed by atoms with Crippen molar-refractivity contribution in [2.45, 2.75) is 6.61 Å². The Balaban J connectivity index is 1.85. The zero-order valence-electron chi connectivity index (χ0n) is 13.0. The minimum absolute atomic E-state index is 0.0590. The smallest absolute Gasteiger partial charge is 0.387 e. The number of ether oxygens (including phenoxy) is 2. The van der Waals surface area contributed by atoms with Gasteiger partial charge in [-0.15, -0.1) is 0 Å². The fourth-order valence-electron chi connectivity index (χ4n) is 1.87. The second-order valence-electron chi connectivity index (χ2n) is 4.77. The summed E-state index contributed by atoms with van der Waals surface area (Å²) in [7, 11) is 0. The summed E-state index contributed by atoms with van der Waals surface area (Å²) in [6, 6.07) is 14.8. The van der Waals surface area contributed by atoms with E-state index in [2.05, 4.69) is 10.1 Å². The molecule has 0 radical (unpaired) electrons. The molecule has 0 aliphatic carbocycles. The van der Waals surface area contributed by atoms with Crippen LogP contribution >= 0.6 is 0 Å². The first kappa shape index (κ1) is 18.1. The summed E-state index contributed by atoms with van der Waals surface area (Å²) < 4.78 is 33.7. The first-order valence-corrected chi connectivity index (χ1v) is 7.28. The normalized spacial score (nSPS) is 10.7. The summed E-state index contributed by atoms with van der Waals surface area (Å²) in [6.07, 6.45) is 2.74. The molecule has 0 atom stereocenters. The maximum atomic E-state index is 12.3. The van der Waals surface area contributed by atoms with Crippen LogP contribution in [0, 0.1) is 0 Å². The molecule has 0 aromatic heterocycles. The lowest BCUT2D eigenvalue weighted by Crippen LogP contribution is -2.20. The van der Waals surface area contributed by atoms with Crippen molar-refractivity contribution in [3.8, 4) is 5.75 Å². The van der Waals surface area contributed by atoms with E-state index in [1.807, 2.05) is 18.2 Å². The van der Waals surface area contributed by atoms with Crippen LogP contribution in [0.3, 0.4) is 0 Å². The monoisotopic (exact) mass is 347 g/mol. The molecular formula is C18H15F2NO4. The Kier molecular flexibility index (Phi) is 6.65. The first-order chi connectivity index (χ1) is 12.0. The molecule has 0 fully saturated rings. The van der Waals surface area contributed by atoms with Gasteiger partial charge >= 0.3 is 12.6 Å². The number of alkyl halides is 2. The summed E-state index contributed by atoms with van der Waals surface area (Å²) in [5.41, 5.74) is 0.866. The predicted molar refractivity (Wildman–Crippen MR) is 88.1 cm³/mol. The summed E-state index contributed by atoms with van der Waals surface area (Å²) in [5.74, 6) is -1.55. The van der Waals surface area contributed by atoms with Crippen LogP contribution in [0.4, 0.5) is 14.5 Å². The molecule has 25 heavy (non-hydrogen) atoms. The van der Waals surface area contributed by atoms with Gasteiger partial charge in [-0.05, 0) is 23.8 Å². The van der Waals surface area contributed by atoms with Crippen LogP contribution in [0.15, 0.2) is 60.7 Å². The number of hydrogen-bond acceptors (Lipinski definition) is 4. The van der Waals surface area contributed by atoms with Crippen molar-refractivity contribution in [1.29, 1.82) is 0 Å². The SMILES string of the molecule is O=C(COC(=O)C=Cc1ccccc1)Nc1ccccc1OC(F)F. The highest BCUT2D eigenvalue weighted by atomic mass is 19.3. The lowest BCUT2D eigenvalue weighted by molar-refractivity contribution is -0.142. The minimum Gasteiger partial charge on any atom is -0.452 e. The van der Waals surface area contributed by atoms with E-state index in [9.17, 15) is 18.4 Å². The van der Waals surface area contributed by atoms with E-state index in [1.54, 1.807) is 24.3 Å². The number of amides is 1. The molecular weight excluding hydrogens is 332 g/mol. The molecule has 130 valence electrons. The molecule has 0 heterocycles. The fourth-order valence-corrected chi connectivity index (χ4v) is 1.87. The van der Waals surface area contributed by atoms with Crippen LogP contribution in [0.2, 0.25) is 0 Å². The second-order valence-corrected chi connectivity index (χ2v) is 4.77. The molecule has 5 nitrogen and oxygen atoms in total. The summed E-state index contributed by atoms with van der Waals surface area (Å²) in [5, 5.41) is 2.35. The van der Waals surface area contributed by atoms with E-state index >= 15 is 0 Å². The van der Waals surface area contributed by atoms with Gasteiger partial charge in [-0.2, -0.15) is 8.78 Å². The van der Waals surface area contributed by atoms with E-state index < -0.39 is 25.1 Å². The number of esters is 1. The Morgan fingerprint density at radius 1 is 1.04 bits per heavy atom. The van der Waals surface area contributed by atoms with Crippen LogP contribution in [0.5, 0.6) is 5.75 Å². The third-order valence-corrected chi connectivity index (χ3v) is 2.93. The number of halogens is 2. The number of carbonyl (C=O) groups excluding carboxylic acids is 2. The lowest BCUT2D eigenvalue weighted by Gasteiger charge is -2.11. The maximum Gasteiger partial charge on any atom is 0.387 e. The van der Waals surface area contributed by atoms with Crippen LogP contribution < -0.4 is 10.1 Å². The number of rotatable bonds is 7. The molecule has 0 aliphatic heterocycles. The van der Waals surface area contributed by atoms with Gasteiger partial charge < -0.3 is 14.8 Å². The highest BCUT2D eigenvalue weighted by Gasteiger charge is 2.12. The molecule has 0 saturated heterocycles. The average molecular weight is 347 g/mol. The van der Waals surface area contributed by atoms with Crippen molar-refractivity contribution in [3.63, 3.8) is 0 Å². The molecule has 2 aromatic rings. The summed E-state index contributed by atoms with van der Waals surface area (Å²) >= 11 is 0. The standard InChI is InChI=1S/C18H15F2NO4/c19-18(20)25-15-9-5-4-8-14(15)21-16(22)12-24-17(23)11-10-13-6-2-1-3-7-13/h1-11,18H,12H2,(H,21,22). The van der Waals surface area contributed by atoms with Crippen molar-refractivity contribution >= 4 is 23.6 Å². The Morgan fingerprint density at radius 2 is 1.72 bits per heavy atom. The van der Waals surface area contributed by atoms with Crippen molar-refractivity contribution in [2.24, 2.45) is 0 Å². The van der Waals surface area contributed by atoms with Crippen molar-refractivity contribution in [2.75, 3.05) is 11.9 Å². The van der Waals surface area contributed by atoms with Gasteiger partial charge in [-0.3, -0.25) is 4.79 Å². The van der Waals surface area contributed by atoms with Gasteiger partial charge in [0.1, 0.15) is 5.75 Å². The van der Waals surface area contributed by atoms with Crippen LogP contribution in [0.1, 0.15) is 5.56 Å². The molecule has 0 aliphatic rings. The Morgan fingerprint density at radius 3 is 2.44 bits per heavy atom. The van der Waals surface area contributed by atoms with Crippen molar-refractivity contribution in [1.82, 2.24) is 0 Å². The topological polar surface area (TPSA) is 64.6 Å². The number of carbonyl (C=O) groups is 2. The summed E-state index contributed by atoms with van der Waals surface area (Å²) in [6.45, 7) is -3.57. The van der Waals surface area contributed by atoms with Crippen LogP contribution in [-0.2, 0) is 14.3 Å². The largest absolute Gasteiger partial charge is 0.452 e. The van der Waals surface area contributed by atoms with Gasteiger partial charge in [0.2, 0.25) is 0 Å². The quantitative estimate of drug-likeness (QED) is 0.615. The van der Waals surface area contributed by atoms with E-state index in [4.69, 9.17) is 4.74 Å². The molecule has 2 rings (SSSR count). The van der Waals surface area contributed by atoms with Crippen molar-refractivity contribution < 1.29 is 27.8 Å². The zero-order chi connectivity index (χ0) is 18.1. The molecule has 7 heteroatoms. The van der Waals surface area contributed by atoms with Gasteiger partial charge in [-0.25, -0.2) is 4.79 Å². The molecule has 0 unspecified atom stereocenters. The molecule has 0 bridgehead atoms. The number of anilines is 1. The molecule has 0 saturated carbocycles. The molecule has 2 aromatic carbocycles. The average Bonchev–Trinajstić information content (AvgIpc) is 2.60. The molecule has 1 N–H and O–H groups in total. The summed E-state index contributed by atoms with van der Waals surface area (Å²) in [4.78, 5) is 23.3. The van der Waals surface area contributed by atoms with Gasteiger partial charge in [-0.1, -0.05) is 42.5 Å². The highest BCUT2D eigenvalue weighted by molar-refractivity contribution is 5.95. The third kappa shape index (κ3) is 6.42.